The molecule has 2 rings (SSSR count). The van der Waals surface area contributed by atoms with Crippen LogP contribution in [0.5, 0.6) is 5.75 Å². The van der Waals surface area contributed by atoms with Crippen molar-refractivity contribution in [3.63, 3.8) is 0 Å². The second kappa shape index (κ2) is 8.11. The van der Waals surface area contributed by atoms with E-state index >= 15 is 0 Å². The minimum atomic E-state index is -0.172. The van der Waals surface area contributed by atoms with Gasteiger partial charge in [-0.2, -0.15) is 0 Å². The highest BCUT2D eigenvalue weighted by atomic mass is 16.5. The molecule has 0 saturated heterocycles. The summed E-state index contributed by atoms with van der Waals surface area (Å²) in [6.07, 6.45) is 1.49. The van der Waals surface area contributed by atoms with Crippen LogP contribution in [0.3, 0.4) is 0 Å². The summed E-state index contributed by atoms with van der Waals surface area (Å²) in [5, 5.41) is 4.96. The van der Waals surface area contributed by atoms with E-state index in [1.165, 1.54) is 11.8 Å². The summed E-state index contributed by atoms with van der Waals surface area (Å²) in [4.78, 5) is 11.6. The van der Waals surface area contributed by atoms with Crippen LogP contribution in [-0.4, -0.2) is 25.6 Å². The van der Waals surface area contributed by atoms with E-state index in [2.05, 4.69) is 22.8 Å². The highest BCUT2D eigenvalue weighted by Crippen LogP contribution is 2.11. The maximum Gasteiger partial charge on any atom is 0.287 e. The summed E-state index contributed by atoms with van der Waals surface area (Å²) in [5.41, 5.74) is 1.23. The van der Waals surface area contributed by atoms with Crippen LogP contribution in [-0.2, 0) is 6.54 Å². The average molecular weight is 289 g/mol. The SMILES string of the molecule is CCOc1ccc(C[NH2+]CCNC(=O)c2ccco2)cc1. The number of rotatable bonds is 8. The molecule has 1 heterocycles. The van der Waals surface area contributed by atoms with E-state index in [0.717, 1.165) is 18.8 Å². The van der Waals surface area contributed by atoms with Gasteiger partial charge in [-0.25, -0.2) is 0 Å². The van der Waals surface area contributed by atoms with Gasteiger partial charge in [-0.1, -0.05) is 0 Å². The van der Waals surface area contributed by atoms with E-state index < -0.39 is 0 Å². The predicted octanol–water partition coefficient (Wildman–Crippen LogP) is 1.17. The lowest BCUT2D eigenvalue weighted by molar-refractivity contribution is -0.668. The lowest BCUT2D eigenvalue weighted by Gasteiger charge is -2.05. The normalized spacial score (nSPS) is 10.3. The molecule has 0 atom stereocenters. The Morgan fingerprint density at radius 1 is 1.29 bits per heavy atom. The van der Waals surface area contributed by atoms with E-state index in [9.17, 15) is 4.79 Å². The van der Waals surface area contributed by atoms with Crippen LogP contribution in [0.25, 0.3) is 0 Å². The van der Waals surface area contributed by atoms with Gasteiger partial charge in [-0.05, 0) is 43.3 Å². The Morgan fingerprint density at radius 3 is 2.76 bits per heavy atom. The first-order valence-corrected chi connectivity index (χ1v) is 7.14. The quantitative estimate of drug-likeness (QED) is 0.717. The molecule has 5 heteroatoms. The number of ether oxygens (including phenoxy) is 1. The number of hydrogen-bond acceptors (Lipinski definition) is 3. The van der Waals surface area contributed by atoms with Crippen LogP contribution in [0.4, 0.5) is 0 Å². The van der Waals surface area contributed by atoms with Crippen molar-refractivity contribution < 1.29 is 19.3 Å². The van der Waals surface area contributed by atoms with Crippen LogP contribution >= 0.6 is 0 Å². The van der Waals surface area contributed by atoms with Crippen molar-refractivity contribution in [2.75, 3.05) is 19.7 Å². The molecule has 0 aliphatic heterocycles. The number of carbonyl (C=O) groups excluding carboxylic acids is 1. The fourth-order valence-electron chi connectivity index (χ4n) is 1.94. The Morgan fingerprint density at radius 2 is 2.10 bits per heavy atom. The van der Waals surface area contributed by atoms with Gasteiger partial charge in [0, 0.05) is 5.56 Å². The molecular weight excluding hydrogens is 268 g/mol. The number of nitrogens with one attached hydrogen (secondary N) is 1. The van der Waals surface area contributed by atoms with E-state index in [1.807, 2.05) is 19.1 Å². The second-order valence-electron chi connectivity index (χ2n) is 4.59. The van der Waals surface area contributed by atoms with E-state index in [1.54, 1.807) is 12.1 Å². The zero-order chi connectivity index (χ0) is 14.9. The Labute approximate surface area is 124 Å². The fraction of sp³-hybridized carbons (Fsp3) is 0.312. The lowest BCUT2D eigenvalue weighted by atomic mass is 10.2. The third-order valence-electron chi connectivity index (χ3n) is 2.99. The van der Waals surface area contributed by atoms with Crippen LogP contribution in [0.2, 0.25) is 0 Å². The van der Waals surface area contributed by atoms with Crippen LogP contribution in [0, 0.1) is 0 Å². The summed E-state index contributed by atoms with van der Waals surface area (Å²) in [6, 6.07) is 11.4. The number of carbonyl (C=O) groups is 1. The third-order valence-corrected chi connectivity index (χ3v) is 2.99. The molecule has 2 aromatic rings. The molecule has 0 aliphatic rings. The van der Waals surface area contributed by atoms with Gasteiger partial charge >= 0.3 is 0 Å². The number of quaternary nitrogens is 1. The minimum Gasteiger partial charge on any atom is -0.494 e. The van der Waals surface area contributed by atoms with Gasteiger partial charge in [0.25, 0.3) is 5.91 Å². The third kappa shape index (κ3) is 4.96. The summed E-state index contributed by atoms with van der Waals surface area (Å²) in [6.45, 7) is 4.96. The van der Waals surface area contributed by atoms with Crippen molar-refractivity contribution in [2.24, 2.45) is 0 Å². The summed E-state index contributed by atoms with van der Waals surface area (Å²) < 4.78 is 10.4. The molecule has 5 nitrogen and oxygen atoms in total. The molecule has 1 amide bonds. The predicted molar refractivity (Wildman–Crippen MR) is 79.1 cm³/mol. The molecule has 0 radical (unpaired) electrons. The van der Waals surface area contributed by atoms with E-state index in [4.69, 9.17) is 9.15 Å². The maximum atomic E-state index is 11.6. The van der Waals surface area contributed by atoms with Gasteiger partial charge in [0.05, 0.1) is 26.0 Å². The molecule has 1 aromatic carbocycles. The zero-order valence-corrected chi connectivity index (χ0v) is 12.2. The first-order valence-electron chi connectivity index (χ1n) is 7.14. The van der Waals surface area contributed by atoms with Crippen molar-refractivity contribution in [1.29, 1.82) is 0 Å². The first kappa shape index (κ1) is 15.1. The average Bonchev–Trinajstić information content (AvgIpc) is 3.03. The number of benzene rings is 1. The summed E-state index contributed by atoms with van der Waals surface area (Å²) in [7, 11) is 0. The van der Waals surface area contributed by atoms with Gasteiger partial charge < -0.3 is 19.8 Å². The molecular formula is C16H21N2O3+. The zero-order valence-electron chi connectivity index (χ0n) is 12.2. The van der Waals surface area contributed by atoms with E-state index in [0.29, 0.717) is 18.9 Å². The largest absolute Gasteiger partial charge is 0.494 e. The number of amides is 1. The molecule has 3 N–H and O–H groups in total. The fourth-order valence-corrected chi connectivity index (χ4v) is 1.94. The maximum absolute atomic E-state index is 11.6. The number of hydrogen-bond donors (Lipinski definition) is 2. The van der Waals surface area contributed by atoms with E-state index in [-0.39, 0.29) is 5.91 Å². The summed E-state index contributed by atoms with van der Waals surface area (Å²) in [5.74, 6) is 1.07. The van der Waals surface area contributed by atoms with Crippen molar-refractivity contribution in [2.45, 2.75) is 13.5 Å². The van der Waals surface area contributed by atoms with Crippen molar-refractivity contribution in [3.8, 4) is 5.75 Å². The van der Waals surface area contributed by atoms with Gasteiger partial charge in [-0.3, -0.25) is 4.79 Å². The Kier molecular flexibility index (Phi) is 5.84. The van der Waals surface area contributed by atoms with Crippen LogP contribution in [0.1, 0.15) is 23.0 Å². The minimum absolute atomic E-state index is 0.172. The molecule has 1 aromatic heterocycles. The molecule has 0 saturated carbocycles. The van der Waals surface area contributed by atoms with Gasteiger partial charge in [-0.15, -0.1) is 0 Å². The smallest absolute Gasteiger partial charge is 0.287 e. The summed E-state index contributed by atoms with van der Waals surface area (Å²) >= 11 is 0. The molecule has 0 bridgehead atoms. The lowest BCUT2D eigenvalue weighted by Crippen LogP contribution is -2.84. The molecule has 0 spiro atoms. The topological polar surface area (TPSA) is 68.1 Å². The van der Waals surface area contributed by atoms with Crippen LogP contribution in [0.15, 0.2) is 47.1 Å². The molecule has 0 fully saturated rings. The van der Waals surface area contributed by atoms with Gasteiger partial charge in [0.1, 0.15) is 12.3 Å². The van der Waals surface area contributed by atoms with Gasteiger partial charge in [0.2, 0.25) is 0 Å². The molecule has 21 heavy (non-hydrogen) atoms. The monoisotopic (exact) mass is 289 g/mol. The van der Waals surface area contributed by atoms with Crippen LogP contribution < -0.4 is 15.4 Å². The Bertz CT molecular complexity index is 535. The molecule has 0 unspecified atom stereocenters. The Hall–Kier alpha value is -2.27. The Balaban J connectivity index is 1.62. The number of furan rings is 1. The van der Waals surface area contributed by atoms with Crippen molar-refractivity contribution in [1.82, 2.24) is 5.32 Å². The first-order chi connectivity index (χ1) is 10.3. The standard InChI is InChI=1S/C16H20N2O3/c1-2-20-14-7-5-13(6-8-14)12-17-9-10-18-16(19)15-4-3-11-21-15/h3-8,11,17H,2,9-10,12H2,1H3,(H,18,19)/p+1. The highest BCUT2D eigenvalue weighted by molar-refractivity contribution is 5.91. The van der Waals surface area contributed by atoms with Crippen molar-refractivity contribution >= 4 is 5.91 Å². The van der Waals surface area contributed by atoms with Crippen molar-refractivity contribution in [3.05, 3.63) is 54.0 Å². The van der Waals surface area contributed by atoms with Gasteiger partial charge in [0.15, 0.2) is 5.76 Å². The molecule has 112 valence electrons. The second-order valence-corrected chi connectivity index (χ2v) is 4.59. The highest BCUT2D eigenvalue weighted by Gasteiger charge is 2.07. The number of nitrogens with two attached hydrogens (primary N) is 1. The molecule has 0 aliphatic carbocycles.